The lowest BCUT2D eigenvalue weighted by atomic mass is 9.95. The molecule has 0 aliphatic heterocycles. The summed E-state index contributed by atoms with van der Waals surface area (Å²) in [5.74, 6) is -1.70. The van der Waals surface area contributed by atoms with E-state index in [9.17, 15) is 14.0 Å². The summed E-state index contributed by atoms with van der Waals surface area (Å²) in [5.41, 5.74) is 2.40. The Morgan fingerprint density at radius 1 is 1.00 bits per heavy atom. The highest BCUT2D eigenvalue weighted by molar-refractivity contribution is 6.07. The van der Waals surface area contributed by atoms with Crippen molar-refractivity contribution in [3.63, 3.8) is 0 Å². The highest BCUT2D eigenvalue weighted by atomic mass is 19.1. The average molecular weight is 568 g/mol. The number of aryl methyl sites for hydroxylation is 1. The Morgan fingerprint density at radius 2 is 1.76 bits per heavy atom. The van der Waals surface area contributed by atoms with Crippen molar-refractivity contribution in [1.29, 1.82) is 0 Å². The van der Waals surface area contributed by atoms with Crippen molar-refractivity contribution < 1.29 is 23.1 Å². The molecule has 8 nitrogen and oxygen atoms in total. The topological polar surface area (TPSA) is 97.6 Å². The van der Waals surface area contributed by atoms with Gasteiger partial charge in [0.15, 0.2) is 5.82 Å². The van der Waals surface area contributed by atoms with Crippen LogP contribution in [0, 0.1) is 18.6 Å². The minimum absolute atomic E-state index is 0.0126. The minimum Gasteiger partial charge on any atom is -0.496 e. The maximum Gasteiger partial charge on any atom is 0.255 e. The number of aromatic nitrogens is 3. The van der Waals surface area contributed by atoms with Crippen molar-refractivity contribution in [2.24, 2.45) is 0 Å². The van der Waals surface area contributed by atoms with Gasteiger partial charge >= 0.3 is 0 Å². The number of methoxy groups -OCH3 is 1. The predicted octanol–water partition coefficient (Wildman–Crippen LogP) is 5.44. The van der Waals surface area contributed by atoms with Gasteiger partial charge in [0.05, 0.1) is 29.5 Å². The Kier molecular flexibility index (Phi) is 6.68. The Morgan fingerprint density at radius 3 is 2.40 bits per heavy atom. The number of fused-ring (bicyclic) bond motifs is 1. The van der Waals surface area contributed by atoms with Crippen LogP contribution in [0.15, 0.2) is 73.1 Å². The van der Waals surface area contributed by atoms with Crippen LogP contribution >= 0.6 is 0 Å². The Hall–Kier alpha value is -5.12. The molecule has 0 radical (unpaired) electrons. The molecule has 212 valence electrons. The molecule has 0 spiro atoms. The van der Waals surface area contributed by atoms with E-state index in [0.29, 0.717) is 22.4 Å². The third-order valence-electron chi connectivity index (χ3n) is 7.65. The molecule has 3 heterocycles. The van der Waals surface area contributed by atoms with E-state index in [1.807, 2.05) is 18.2 Å². The first kappa shape index (κ1) is 27.1. The molecule has 6 rings (SSSR count). The van der Waals surface area contributed by atoms with Crippen molar-refractivity contribution in [3.05, 3.63) is 107 Å². The lowest BCUT2D eigenvalue weighted by Gasteiger charge is -2.19. The molecule has 1 fully saturated rings. The zero-order chi connectivity index (χ0) is 29.6. The van der Waals surface area contributed by atoms with Crippen molar-refractivity contribution >= 4 is 17.3 Å². The number of amides is 2. The second-order valence-electron chi connectivity index (χ2n) is 10.3. The first-order chi connectivity index (χ1) is 20.3. The van der Waals surface area contributed by atoms with Crippen LogP contribution < -0.4 is 15.4 Å². The monoisotopic (exact) mass is 567 g/mol. The second kappa shape index (κ2) is 10.4. The predicted molar refractivity (Wildman–Crippen MR) is 153 cm³/mol. The summed E-state index contributed by atoms with van der Waals surface area (Å²) in [5, 5.41) is 10.1. The van der Waals surface area contributed by atoms with Gasteiger partial charge in [-0.2, -0.15) is 5.10 Å². The Labute approximate surface area is 240 Å². The second-order valence-corrected chi connectivity index (χ2v) is 10.3. The number of nitrogens with one attached hydrogen (secondary N) is 2. The third kappa shape index (κ3) is 4.54. The van der Waals surface area contributed by atoms with Crippen LogP contribution in [0.3, 0.4) is 0 Å². The SMILES string of the molecule is CNC(=O)c1c(-c2ccc(F)cc2)nn2ccc(-c3cc(C(=O)NC4(c5ccccn5)CC4)c(OC)cc3C)c(F)c12. The van der Waals surface area contributed by atoms with Crippen molar-refractivity contribution in [2.45, 2.75) is 25.3 Å². The molecular weight excluding hydrogens is 540 g/mol. The van der Waals surface area contributed by atoms with Crippen LogP contribution in [0.1, 0.15) is 44.8 Å². The fraction of sp³-hybridized carbons (Fsp3) is 0.188. The highest BCUT2D eigenvalue weighted by Gasteiger charge is 2.47. The summed E-state index contributed by atoms with van der Waals surface area (Å²) in [4.78, 5) is 31.0. The molecule has 10 heteroatoms. The number of hydrogen-bond acceptors (Lipinski definition) is 5. The maximum absolute atomic E-state index is 16.5. The zero-order valence-electron chi connectivity index (χ0n) is 23.2. The van der Waals surface area contributed by atoms with Crippen molar-refractivity contribution in [1.82, 2.24) is 25.2 Å². The van der Waals surface area contributed by atoms with Crippen LogP contribution in [0.2, 0.25) is 0 Å². The van der Waals surface area contributed by atoms with Gasteiger partial charge in [0, 0.05) is 30.6 Å². The first-order valence-corrected chi connectivity index (χ1v) is 13.4. The van der Waals surface area contributed by atoms with Gasteiger partial charge in [-0.3, -0.25) is 14.6 Å². The van der Waals surface area contributed by atoms with Gasteiger partial charge in [-0.15, -0.1) is 0 Å². The molecule has 0 atom stereocenters. The van der Waals surface area contributed by atoms with Gasteiger partial charge in [0.2, 0.25) is 0 Å². The standard InChI is InChI=1S/C32H27F2N5O3/c1-18-16-24(42-3)23(30(40)37-32(12-13-32)25-6-4-5-14-36-25)17-22(18)21-11-15-39-29(27(21)34)26(31(41)35-2)28(38-39)19-7-9-20(33)10-8-19/h4-11,14-17H,12-13H2,1-3H3,(H,35,41)(H,37,40). The van der Waals surface area contributed by atoms with Crippen LogP contribution in [-0.2, 0) is 5.54 Å². The first-order valence-electron chi connectivity index (χ1n) is 13.4. The summed E-state index contributed by atoms with van der Waals surface area (Å²) in [6.07, 6.45) is 4.75. The van der Waals surface area contributed by atoms with E-state index in [1.165, 1.54) is 42.9 Å². The van der Waals surface area contributed by atoms with E-state index in [2.05, 4.69) is 20.7 Å². The molecule has 0 saturated heterocycles. The van der Waals surface area contributed by atoms with Gasteiger partial charge in [-0.1, -0.05) is 6.07 Å². The number of rotatable bonds is 7. The smallest absolute Gasteiger partial charge is 0.255 e. The number of carbonyl (C=O) groups is 2. The number of carbonyl (C=O) groups excluding carboxylic acids is 2. The van der Waals surface area contributed by atoms with E-state index >= 15 is 4.39 Å². The van der Waals surface area contributed by atoms with Crippen molar-refractivity contribution in [2.75, 3.05) is 14.2 Å². The molecular formula is C32H27F2N5O3. The van der Waals surface area contributed by atoms with Gasteiger partial charge in [-0.25, -0.2) is 13.3 Å². The number of nitrogens with zero attached hydrogens (tertiary/aromatic N) is 3. The van der Waals surface area contributed by atoms with Crippen LogP contribution in [-0.4, -0.2) is 40.6 Å². The quantitative estimate of drug-likeness (QED) is 0.273. The minimum atomic E-state index is -0.691. The van der Waals surface area contributed by atoms with E-state index in [4.69, 9.17) is 4.74 Å². The zero-order valence-corrected chi connectivity index (χ0v) is 23.2. The fourth-order valence-corrected chi connectivity index (χ4v) is 5.28. The summed E-state index contributed by atoms with van der Waals surface area (Å²) >= 11 is 0. The van der Waals surface area contributed by atoms with Gasteiger partial charge in [-0.05, 0) is 85.5 Å². The molecule has 0 bridgehead atoms. The van der Waals surface area contributed by atoms with Crippen LogP contribution in [0.25, 0.3) is 27.9 Å². The van der Waals surface area contributed by atoms with Crippen LogP contribution in [0.5, 0.6) is 5.75 Å². The molecule has 2 amide bonds. The third-order valence-corrected chi connectivity index (χ3v) is 7.65. The number of halogens is 2. The van der Waals surface area contributed by atoms with E-state index < -0.39 is 23.1 Å². The summed E-state index contributed by atoms with van der Waals surface area (Å²) < 4.78 is 36.9. The summed E-state index contributed by atoms with van der Waals surface area (Å²) in [6, 6.07) is 15.9. The van der Waals surface area contributed by atoms with Crippen molar-refractivity contribution in [3.8, 4) is 28.1 Å². The number of pyridine rings is 2. The lowest BCUT2D eigenvalue weighted by molar-refractivity contribution is 0.0925. The number of benzene rings is 2. The molecule has 42 heavy (non-hydrogen) atoms. The van der Waals surface area contributed by atoms with E-state index in [-0.39, 0.29) is 33.8 Å². The molecule has 1 saturated carbocycles. The van der Waals surface area contributed by atoms with Gasteiger partial charge < -0.3 is 15.4 Å². The summed E-state index contributed by atoms with van der Waals surface area (Å²) in [6.45, 7) is 1.79. The fourth-order valence-electron chi connectivity index (χ4n) is 5.28. The largest absolute Gasteiger partial charge is 0.496 e. The molecule has 5 aromatic rings. The van der Waals surface area contributed by atoms with Gasteiger partial charge in [0.25, 0.3) is 11.8 Å². The molecule has 2 aromatic carbocycles. The Balaban J connectivity index is 1.47. The van der Waals surface area contributed by atoms with Gasteiger partial charge in [0.1, 0.15) is 22.8 Å². The lowest BCUT2D eigenvalue weighted by Crippen LogP contribution is -2.35. The van der Waals surface area contributed by atoms with E-state index in [1.54, 1.807) is 37.5 Å². The number of ether oxygens (including phenoxy) is 1. The maximum atomic E-state index is 16.5. The molecule has 1 aliphatic carbocycles. The molecule has 2 N–H and O–H groups in total. The molecule has 0 unspecified atom stereocenters. The number of hydrogen-bond donors (Lipinski definition) is 2. The Bertz CT molecular complexity index is 1850. The highest BCUT2D eigenvalue weighted by Crippen LogP contribution is 2.45. The summed E-state index contributed by atoms with van der Waals surface area (Å²) in [7, 11) is 2.92. The van der Waals surface area contributed by atoms with E-state index in [0.717, 1.165) is 18.5 Å². The average Bonchev–Trinajstić information content (AvgIpc) is 3.68. The molecule has 3 aromatic heterocycles. The van der Waals surface area contributed by atoms with Crippen LogP contribution in [0.4, 0.5) is 8.78 Å². The molecule has 1 aliphatic rings. The normalized spacial score (nSPS) is 13.5.